The van der Waals surface area contributed by atoms with Crippen LogP contribution in [0.25, 0.3) is 17.1 Å². The van der Waals surface area contributed by atoms with Gasteiger partial charge in [-0.3, -0.25) is 14.9 Å². The molecule has 1 heterocycles. The lowest BCUT2D eigenvalue weighted by Crippen LogP contribution is -2.34. The number of phenols is 1. The number of thioether (sulfide) groups is 1. The van der Waals surface area contributed by atoms with Crippen molar-refractivity contribution < 1.29 is 24.1 Å². The molecule has 0 aliphatic carbocycles. The quantitative estimate of drug-likeness (QED) is 0.0961. The maximum absolute atomic E-state index is 12.4. The average molecular weight is 540 g/mol. The number of halogens is 1. The van der Waals surface area contributed by atoms with E-state index in [2.05, 4.69) is 20.7 Å². The van der Waals surface area contributed by atoms with E-state index in [1.165, 1.54) is 18.9 Å². The highest BCUT2D eigenvalue weighted by molar-refractivity contribution is 7.99. The SMILES string of the molecule is COc1cc([N+](=O)[O-])cc(/C=N/NC(=O)CSc2n[nH]c(-c3ccc(Cl)cc3)[n+]2-c2ccccc2)c1O. The third-order valence-electron chi connectivity index (χ3n) is 5.05. The van der Waals surface area contributed by atoms with E-state index in [4.69, 9.17) is 16.3 Å². The molecule has 37 heavy (non-hydrogen) atoms. The number of hydrogen-bond acceptors (Lipinski definition) is 8. The van der Waals surface area contributed by atoms with Crippen molar-refractivity contribution >= 4 is 41.2 Å². The summed E-state index contributed by atoms with van der Waals surface area (Å²) in [5.41, 5.74) is 3.77. The van der Waals surface area contributed by atoms with Crippen molar-refractivity contribution in [2.24, 2.45) is 5.10 Å². The Labute approximate surface area is 219 Å². The molecule has 11 nitrogen and oxygen atoms in total. The Morgan fingerprint density at radius 1 is 1.27 bits per heavy atom. The fourth-order valence-electron chi connectivity index (χ4n) is 3.32. The largest absolute Gasteiger partial charge is 0.504 e. The van der Waals surface area contributed by atoms with Crippen LogP contribution in [0.5, 0.6) is 11.5 Å². The van der Waals surface area contributed by atoms with Gasteiger partial charge in [0.1, 0.15) is 5.69 Å². The highest BCUT2D eigenvalue weighted by atomic mass is 35.5. The van der Waals surface area contributed by atoms with Crippen LogP contribution in [-0.4, -0.2) is 45.2 Å². The van der Waals surface area contributed by atoms with Crippen molar-refractivity contribution in [3.63, 3.8) is 0 Å². The second kappa shape index (κ2) is 11.5. The predicted molar refractivity (Wildman–Crippen MR) is 138 cm³/mol. The van der Waals surface area contributed by atoms with Crippen molar-refractivity contribution in [1.29, 1.82) is 0 Å². The molecule has 0 spiro atoms. The Kier molecular flexibility index (Phi) is 8.01. The number of rotatable bonds is 9. The molecular formula is C24H20ClN6O5S+. The van der Waals surface area contributed by atoms with Crippen molar-refractivity contribution in [2.75, 3.05) is 12.9 Å². The molecule has 0 atom stereocenters. The van der Waals surface area contributed by atoms with Gasteiger partial charge in [0.15, 0.2) is 11.5 Å². The molecule has 4 aromatic rings. The van der Waals surface area contributed by atoms with Gasteiger partial charge in [-0.2, -0.15) is 9.67 Å². The number of carbonyl (C=O) groups excluding carboxylic acids is 1. The van der Waals surface area contributed by atoms with E-state index in [1.54, 1.807) is 12.1 Å². The van der Waals surface area contributed by atoms with Crippen LogP contribution in [0, 0.1) is 10.1 Å². The van der Waals surface area contributed by atoms with Crippen LogP contribution < -0.4 is 14.7 Å². The predicted octanol–water partition coefficient (Wildman–Crippen LogP) is 3.87. The van der Waals surface area contributed by atoms with Crippen LogP contribution in [0.2, 0.25) is 5.02 Å². The fourth-order valence-corrected chi connectivity index (χ4v) is 4.21. The van der Waals surface area contributed by atoms with Crippen molar-refractivity contribution in [3.8, 4) is 28.6 Å². The molecule has 0 saturated heterocycles. The number of methoxy groups -OCH3 is 1. The lowest BCUT2D eigenvalue weighted by molar-refractivity contribution is -0.625. The molecular weight excluding hydrogens is 520 g/mol. The number of aromatic amines is 1. The Balaban J connectivity index is 1.49. The number of benzene rings is 3. The average Bonchev–Trinajstić information content (AvgIpc) is 3.33. The summed E-state index contributed by atoms with van der Waals surface area (Å²) < 4.78 is 6.84. The Bertz CT molecular complexity index is 1460. The number of nitro groups is 1. The molecule has 13 heteroatoms. The lowest BCUT2D eigenvalue weighted by atomic mass is 10.2. The molecule has 0 bridgehead atoms. The van der Waals surface area contributed by atoms with E-state index < -0.39 is 10.8 Å². The van der Waals surface area contributed by atoms with Crippen LogP contribution >= 0.6 is 23.4 Å². The Hall–Kier alpha value is -4.42. The zero-order chi connectivity index (χ0) is 26.4. The summed E-state index contributed by atoms with van der Waals surface area (Å²) >= 11 is 7.21. The highest BCUT2D eigenvalue weighted by Gasteiger charge is 2.24. The molecule has 3 aromatic carbocycles. The van der Waals surface area contributed by atoms with E-state index in [1.807, 2.05) is 47.0 Å². The number of phenolic OH excluding ortho intramolecular Hbond substituents is 1. The van der Waals surface area contributed by atoms with Crippen molar-refractivity contribution in [3.05, 3.63) is 87.4 Å². The van der Waals surface area contributed by atoms with Gasteiger partial charge in [0, 0.05) is 16.7 Å². The topological polar surface area (TPSA) is 147 Å². The minimum absolute atomic E-state index is 0.0147. The van der Waals surface area contributed by atoms with E-state index in [0.29, 0.717) is 16.0 Å². The van der Waals surface area contributed by atoms with Crippen LogP contribution in [0.4, 0.5) is 5.69 Å². The first-order chi connectivity index (χ1) is 17.9. The molecule has 1 amide bonds. The Morgan fingerprint density at radius 3 is 2.68 bits per heavy atom. The maximum atomic E-state index is 12.4. The number of amides is 1. The third kappa shape index (κ3) is 6.05. The molecule has 0 aliphatic rings. The summed E-state index contributed by atoms with van der Waals surface area (Å²) in [7, 11) is 1.27. The summed E-state index contributed by atoms with van der Waals surface area (Å²) in [5, 5.41) is 33.7. The number of hydrazone groups is 1. The van der Waals surface area contributed by atoms with Crippen LogP contribution in [0.15, 0.2) is 77.0 Å². The summed E-state index contributed by atoms with van der Waals surface area (Å²) in [6.07, 6.45) is 1.10. The van der Waals surface area contributed by atoms with Crippen molar-refractivity contribution in [1.82, 2.24) is 15.6 Å². The number of H-pyrrole nitrogens is 1. The van der Waals surface area contributed by atoms with Gasteiger partial charge in [0.2, 0.25) is 0 Å². The summed E-state index contributed by atoms with van der Waals surface area (Å²) in [6, 6.07) is 19.0. The second-order valence-corrected chi connectivity index (χ2v) is 8.84. The van der Waals surface area contributed by atoms with Gasteiger partial charge in [-0.1, -0.05) is 29.8 Å². The molecule has 1 aromatic heterocycles. The Morgan fingerprint density at radius 2 is 2.00 bits per heavy atom. The number of nitrogens with zero attached hydrogens (tertiary/aromatic N) is 4. The van der Waals surface area contributed by atoms with Crippen LogP contribution in [-0.2, 0) is 4.79 Å². The highest BCUT2D eigenvalue weighted by Crippen LogP contribution is 2.33. The summed E-state index contributed by atoms with van der Waals surface area (Å²) in [4.78, 5) is 22.9. The smallest absolute Gasteiger partial charge is 0.342 e. The number of non-ortho nitro benzene ring substituents is 1. The lowest BCUT2D eigenvalue weighted by Gasteiger charge is -2.06. The molecule has 188 valence electrons. The molecule has 3 N–H and O–H groups in total. The van der Waals surface area contributed by atoms with Gasteiger partial charge in [-0.15, -0.1) is 5.10 Å². The maximum Gasteiger partial charge on any atom is 0.342 e. The summed E-state index contributed by atoms with van der Waals surface area (Å²) in [6.45, 7) is 0. The molecule has 0 unspecified atom stereocenters. The van der Waals surface area contributed by atoms with Gasteiger partial charge >= 0.3 is 5.16 Å². The number of nitrogens with one attached hydrogen (secondary N) is 2. The number of aromatic hydroxyl groups is 1. The molecule has 0 radical (unpaired) electrons. The minimum atomic E-state index is -0.626. The van der Waals surface area contributed by atoms with Gasteiger partial charge in [-0.25, -0.2) is 5.43 Å². The number of ether oxygens (including phenoxy) is 1. The minimum Gasteiger partial charge on any atom is -0.504 e. The van der Waals surface area contributed by atoms with Gasteiger partial charge in [0.05, 0.1) is 40.7 Å². The molecule has 0 fully saturated rings. The number of carbonyl (C=O) groups is 1. The summed E-state index contributed by atoms with van der Waals surface area (Å²) in [5.74, 6) is -0.194. The zero-order valence-electron chi connectivity index (χ0n) is 19.3. The van der Waals surface area contributed by atoms with E-state index in [9.17, 15) is 20.0 Å². The van der Waals surface area contributed by atoms with E-state index in [-0.39, 0.29) is 28.5 Å². The first kappa shape index (κ1) is 25.7. The number of hydrogen-bond donors (Lipinski definition) is 3. The number of nitro benzene ring substituents is 1. The zero-order valence-corrected chi connectivity index (χ0v) is 20.9. The third-order valence-corrected chi connectivity index (χ3v) is 6.24. The van der Waals surface area contributed by atoms with E-state index in [0.717, 1.165) is 29.6 Å². The standard InChI is InChI=1S/C24H19ClN6O5S/c1-36-20-12-19(31(34)35)11-16(22(20)33)13-26-27-21(32)14-37-24-29-28-23(15-7-9-17(25)10-8-15)30(24)18-5-3-2-4-6-18/h2-13H,14H2,1H3,(H2,26,27,32,33)/p+1. The normalized spacial score (nSPS) is 11.0. The van der Waals surface area contributed by atoms with Crippen LogP contribution in [0.1, 0.15) is 5.56 Å². The first-order valence-electron chi connectivity index (χ1n) is 10.7. The molecule has 0 saturated carbocycles. The van der Waals surface area contributed by atoms with Crippen LogP contribution in [0.3, 0.4) is 0 Å². The van der Waals surface area contributed by atoms with Gasteiger partial charge in [0.25, 0.3) is 17.4 Å². The molecule has 0 aliphatic heterocycles. The van der Waals surface area contributed by atoms with E-state index >= 15 is 0 Å². The second-order valence-electron chi connectivity index (χ2n) is 7.46. The van der Waals surface area contributed by atoms with Gasteiger partial charge in [-0.05, 0) is 48.2 Å². The number of para-hydroxylation sites is 1. The fraction of sp³-hybridized carbons (Fsp3) is 0.0833. The number of aromatic nitrogens is 3. The first-order valence-corrected chi connectivity index (χ1v) is 12.1. The monoisotopic (exact) mass is 539 g/mol. The van der Waals surface area contributed by atoms with Gasteiger partial charge < -0.3 is 9.84 Å². The molecule has 4 rings (SSSR count). The van der Waals surface area contributed by atoms with Crippen molar-refractivity contribution in [2.45, 2.75) is 5.16 Å².